The summed E-state index contributed by atoms with van der Waals surface area (Å²) in [5.74, 6) is 1.48. The standard InChI is InChI=1S/C22H21NO3S/c1-15-7-9-16(10-8-15)18-11-12-27-21(18)22(24)23(2)13-17-14-25-19-5-3-4-6-20(19)26-17/h3-12,17H,13-14H2,1-2H3. The summed E-state index contributed by atoms with van der Waals surface area (Å²) in [6, 6.07) is 17.9. The minimum Gasteiger partial charge on any atom is -0.486 e. The summed E-state index contributed by atoms with van der Waals surface area (Å²) in [6.45, 7) is 2.96. The molecule has 1 atom stereocenters. The summed E-state index contributed by atoms with van der Waals surface area (Å²) in [5.41, 5.74) is 3.24. The van der Waals surface area contributed by atoms with Gasteiger partial charge in [-0.15, -0.1) is 11.3 Å². The third-order valence-corrected chi connectivity index (χ3v) is 5.52. The van der Waals surface area contributed by atoms with E-state index in [4.69, 9.17) is 9.47 Å². The van der Waals surface area contributed by atoms with Gasteiger partial charge in [-0.25, -0.2) is 0 Å². The summed E-state index contributed by atoms with van der Waals surface area (Å²) < 4.78 is 11.7. The normalized spacial score (nSPS) is 15.4. The van der Waals surface area contributed by atoms with E-state index in [-0.39, 0.29) is 12.0 Å². The van der Waals surface area contributed by atoms with Crippen LogP contribution in [0.15, 0.2) is 60.0 Å². The van der Waals surface area contributed by atoms with Gasteiger partial charge >= 0.3 is 0 Å². The van der Waals surface area contributed by atoms with Crippen molar-refractivity contribution in [2.75, 3.05) is 20.2 Å². The lowest BCUT2D eigenvalue weighted by molar-refractivity contribution is 0.0524. The number of benzene rings is 2. The molecule has 3 aromatic rings. The van der Waals surface area contributed by atoms with Gasteiger partial charge in [0.2, 0.25) is 0 Å². The Balaban J connectivity index is 1.48. The highest BCUT2D eigenvalue weighted by Gasteiger charge is 2.25. The number of hydrogen-bond donors (Lipinski definition) is 0. The van der Waals surface area contributed by atoms with Crippen LogP contribution in [0.4, 0.5) is 0 Å². The fraction of sp³-hybridized carbons (Fsp3) is 0.227. The molecule has 2 heterocycles. The summed E-state index contributed by atoms with van der Waals surface area (Å²) in [5, 5.41) is 1.97. The number of hydrogen-bond acceptors (Lipinski definition) is 4. The number of aryl methyl sites for hydroxylation is 1. The van der Waals surface area contributed by atoms with Gasteiger partial charge in [0.05, 0.1) is 11.4 Å². The van der Waals surface area contributed by atoms with Crippen molar-refractivity contribution in [3.05, 3.63) is 70.4 Å². The van der Waals surface area contributed by atoms with E-state index >= 15 is 0 Å². The molecule has 1 aliphatic heterocycles. The van der Waals surface area contributed by atoms with Crippen LogP contribution in [0, 0.1) is 6.92 Å². The van der Waals surface area contributed by atoms with Crippen LogP contribution < -0.4 is 9.47 Å². The monoisotopic (exact) mass is 379 g/mol. The topological polar surface area (TPSA) is 38.8 Å². The number of para-hydroxylation sites is 2. The van der Waals surface area contributed by atoms with E-state index in [1.165, 1.54) is 16.9 Å². The number of nitrogens with zero attached hydrogens (tertiary/aromatic N) is 1. The molecule has 5 heteroatoms. The van der Waals surface area contributed by atoms with E-state index in [9.17, 15) is 4.79 Å². The lowest BCUT2D eigenvalue weighted by Crippen LogP contribution is -2.41. The van der Waals surface area contributed by atoms with Gasteiger partial charge in [-0.2, -0.15) is 0 Å². The third-order valence-electron chi connectivity index (χ3n) is 4.61. The molecule has 1 unspecified atom stereocenters. The largest absolute Gasteiger partial charge is 0.486 e. The molecule has 4 nitrogen and oxygen atoms in total. The zero-order chi connectivity index (χ0) is 18.8. The highest BCUT2D eigenvalue weighted by atomic mass is 32.1. The Kier molecular flexibility index (Phi) is 4.86. The average molecular weight is 379 g/mol. The zero-order valence-corrected chi connectivity index (χ0v) is 16.2. The lowest BCUT2D eigenvalue weighted by atomic mass is 10.0. The summed E-state index contributed by atoms with van der Waals surface area (Å²) in [7, 11) is 1.81. The van der Waals surface area contributed by atoms with Crippen LogP contribution in [-0.4, -0.2) is 37.1 Å². The highest BCUT2D eigenvalue weighted by Crippen LogP contribution is 2.32. The van der Waals surface area contributed by atoms with E-state index in [0.717, 1.165) is 27.5 Å². The summed E-state index contributed by atoms with van der Waals surface area (Å²) >= 11 is 1.47. The van der Waals surface area contributed by atoms with Gasteiger partial charge in [-0.3, -0.25) is 4.79 Å². The Morgan fingerprint density at radius 3 is 2.63 bits per heavy atom. The molecular formula is C22H21NO3S. The number of rotatable bonds is 4. The first-order chi connectivity index (χ1) is 13.1. The molecule has 4 rings (SSSR count). The maximum Gasteiger partial charge on any atom is 0.264 e. The Labute approximate surface area is 163 Å². The fourth-order valence-electron chi connectivity index (χ4n) is 3.15. The number of fused-ring (bicyclic) bond motifs is 1. The van der Waals surface area contributed by atoms with Crippen molar-refractivity contribution in [2.24, 2.45) is 0 Å². The SMILES string of the molecule is Cc1ccc(-c2ccsc2C(=O)N(C)CC2COc3ccccc3O2)cc1. The number of ether oxygens (including phenoxy) is 2. The Morgan fingerprint density at radius 1 is 1.11 bits per heavy atom. The molecule has 0 aliphatic carbocycles. The second kappa shape index (κ2) is 7.45. The molecule has 0 saturated heterocycles. The lowest BCUT2D eigenvalue weighted by Gasteiger charge is -2.29. The average Bonchev–Trinajstić information content (AvgIpc) is 3.17. The first kappa shape index (κ1) is 17.6. The zero-order valence-electron chi connectivity index (χ0n) is 15.3. The Morgan fingerprint density at radius 2 is 1.85 bits per heavy atom. The molecule has 1 aliphatic rings. The molecule has 138 valence electrons. The van der Waals surface area contributed by atoms with E-state index in [0.29, 0.717) is 13.2 Å². The van der Waals surface area contributed by atoms with Crippen molar-refractivity contribution < 1.29 is 14.3 Å². The van der Waals surface area contributed by atoms with Crippen LogP contribution in [0.2, 0.25) is 0 Å². The second-order valence-electron chi connectivity index (χ2n) is 6.71. The van der Waals surface area contributed by atoms with Gasteiger partial charge in [0.1, 0.15) is 6.61 Å². The minimum absolute atomic E-state index is 0.00281. The van der Waals surface area contributed by atoms with Gasteiger partial charge in [0.15, 0.2) is 17.6 Å². The smallest absolute Gasteiger partial charge is 0.264 e. The van der Waals surface area contributed by atoms with Crippen LogP contribution in [0.1, 0.15) is 15.2 Å². The van der Waals surface area contributed by atoms with Crippen molar-refractivity contribution in [1.29, 1.82) is 0 Å². The quantitative estimate of drug-likeness (QED) is 0.663. The molecule has 2 aromatic carbocycles. The molecular weight excluding hydrogens is 358 g/mol. The maximum atomic E-state index is 13.0. The minimum atomic E-state index is -0.184. The van der Waals surface area contributed by atoms with Crippen LogP contribution in [0.5, 0.6) is 11.5 Å². The third kappa shape index (κ3) is 3.69. The Hall–Kier alpha value is -2.79. The van der Waals surface area contributed by atoms with Crippen LogP contribution >= 0.6 is 11.3 Å². The molecule has 27 heavy (non-hydrogen) atoms. The van der Waals surface area contributed by atoms with Crippen LogP contribution in [-0.2, 0) is 0 Å². The molecule has 0 saturated carbocycles. The van der Waals surface area contributed by atoms with Crippen LogP contribution in [0.25, 0.3) is 11.1 Å². The molecule has 0 bridgehead atoms. The maximum absolute atomic E-state index is 13.0. The van der Waals surface area contributed by atoms with Gasteiger partial charge in [0, 0.05) is 12.6 Å². The predicted octanol–water partition coefficient (Wildman–Crippen LogP) is 4.64. The fourth-order valence-corrected chi connectivity index (χ4v) is 4.06. The molecule has 0 fully saturated rings. The van der Waals surface area contributed by atoms with E-state index in [2.05, 4.69) is 31.2 Å². The van der Waals surface area contributed by atoms with Crippen molar-refractivity contribution in [1.82, 2.24) is 4.90 Å². The number of carbonyl (C=O) groups is 1. The second-order valence-corrected chi connectivity index (χ2v) is 7.63. The highest BCUT2D eigenvalue weighted by molar-refractivity contribution is 7.12. The van der Waals surface area contributed by atoms with E-state index in [1.54, 1.807) is 4.90 Å². The first-order valence-electron chi connectivity index (χ1n) is 8.90. The number of carbonyl (C=O) groups excluding carboxylic acids is 1. The van der Waals surface area contributed by atoms with Gasteiger partial charge in [0.25, 0.3) is 5.91 Å². The van der Waals surface area contributed by atoms with Gasteiger partial charge in [-0.05, 0) is 36.1 Å². The van der Waals surface area contributed by atoms with Crippen molar-refractivity contribution in [3.63, 3.8) is 0 Å². The van der Waals surface area contributed by atoms with Crippen molar-refractivity contribution in [3.8, 4) is 22.6 Å². The van der Waals surface area contributed by atoms with E-state index in [1.807, 2.05) is 42.8 Å². The number of thiophene rings is 1. The Bertz CT molecular complexity index is 948. The van der Waals surface area contributed by atoms with Gasteiger partial charge < -0.3 is 14.4 Å². The molecule has 0 N–H and O–H groups in total. The van der Waals surface area contributed by atoms with E-state index < -0.39 is 0 Å². The van der Waals surface area contributed by atoms with Crippen molar-refractivity contribution >= 4 is 17.2 Å². The predicted molar refractivity (Wildman–Crippen MR) is 108 cm³/mol. The first-order valence-corrected chi connectivity index (χ1v) is 9.78. The molecule has 0 spiro atoms. The van der Waals surface area contributed by atoms with Crippen LogP contribution in [0.3, 0.4) is 0 Å². The molecule has 1 aromatic heterocycles. The molecule has 0 radical (unpaired) electrons. The number of amides is 1. The number of likely N-dealkylation sites (N-methyl/N-ethyl adjacent to an activating group) is 1. The summed E-state index contributed by atoms with van der Waals surface area (Å²) in [4.78, 5) is 15.5. The van der Waals surface area contributed by atoms with Gasteiger partial charge in [-0.1, -0.05) is 42.0 Å². The van der Waals surface area contributed by atoms with Crippen molar-refractivity contribution in [2.45, 2.75) is 13.0 Å². The summed E-state index contributed by atoms with van der Waals surface area (Å²) in [6.07, 6.45) is -0.184. The molecule has 1 amide bonds.